The van der Waals surface area contributed by atoms with Gasteiger partial charge in [0.1, 0.15) is 0 Å². The van der Waals surface area contributed by atoms with Gasteiger partial charge in [0.2, 0.25) is 0 Å². The largest absolute Gasteiger partial charge is 0.376 e. The topological polar surface area (TPSA) is 9.23 Å². The van der Waals surface area contributed by atoms with Crippen molar-refractivity contribution < 1.29 is 4.74 Å². The van der Waals surface area contributed by atoms with E-state index in [1.165, 1.54) is 15.6 Å². The highest BCUT2D eigenvalue weighted by atomic mass is 79.9. The molecule has 0 bridgehead atoms. The first-order valence-corrected chi connectivity index (χ1v) is 4.93. The lowest BCUT2D eigenvalue weighted by Crippen LogP contribution is -2.14. The van der Waals surface area contributed by atoms with Crippen molar-refractivity contribution in [2.24, 2.45) is 0 Å². The van der Waals surface area contributed by atoms with Crippen LogP contribution in [-0.2, 0) is 11.3 Å². The fourth-order valence-corrected chi connectivity index (χ4v) is 2.49. The predicted octanol–water partition coefficient (Wildman–Crippen LogP) is 3.08. The third-order valence-corrected chi connectivity index (χ3v) is 2.95. The van der Waals surface area contributed by atoms with E-state index in [4.69, 9.17) is 4.74 Å². The van der Waals surface area contributed by atoms with Crippen molar-refractivity contribution >= 4 is 15.9 Å². The number of benzene rings is 1. The molecule has 0 aromatic heterocycles. The van der Waals surface area contributed by atoms with Gasteiger partial charge in [0, 0.05) is 10.4 Å². The number of fused-ring (bicyclic) bond motifs is 1. The Morgan fingerprint density at radius 2 is 2.33 bits per heavy atom. The van der Waals surface area contributed by atoms with Gasteiger partial charge in [0.15, 0.2) is 0 Å². The molecule has 0 saturated heterocycles. The fraction of sp³-hybridized carbons (Fsp3) is 0.400. The van der Waals surface area contributed by atoms with Crippen LogP contribution in [0.3, 0.4) is 0 Å². The standard InChI is InChI=1S/C10H11BrO/c1-7-5-12-6-8-3-2-4-9(11)10(7)8/h2-4,7H,5-6H2,1H3. The highest BCUT2D eigenvalue weighted by molar-refractivity contribution is 9.10. The van der Waals surface area contributed by atoms with Gasteiger partial charge in [0.05, 0.1) is 13.2 Å². The first-order chi connectivity index (χ1) is 5.79. The van der Waals surface area contributed by atoms with Gasteiger partial charge in [-0.25, -0.2) is 0 Å². The summed E-state index contributed by atoms with van der Waals surface area (Å²) in [5, 5.41) is 0. The minimum atomic E-state index is 0.518. The van der Waals surface area contributed by atoms with Gasteiger partial charge in [-0.1, -0.05) is 35.0 Å². The lowest BCUT2D eigenvalue weighted by Gasteiger charge is -2.23. The van der Waals surface area contributed by atoms with Crippen LogP contribution < -0.4 is 0 Å². The van der Waals surface area contributed by atoms with Crippen molar-refractivity contribution in [2.45, 2.75) is 19.4 Å². The Bertz CT molecular complexity index is 296. The molecular weight excluding hydrogens is 216 g/mol. The van der Waals surface area contributed by atoms with Gasteiger partial charge in [-0.2, -0.15) is 0 Å². The molecule has 12 heavy (non-hydrogen) atoms. The van der Waals surface area contributed by atoms with Crippen LogP contribution in [0.15, 0.2) is 22.7 Å². The molecule has 2 rings (SSSR count). The first-order valence-electron chi connectivity index (χ1n) is 4.14. The van der Waals surface area contributed by atoms with Crippen molar-refractivity contribution in [3.63, 3.8) is 0 Å². The van der Waals surface area contributed by atoms with Crippen molar-refractivity contribution in [3.05, 3.63) is 33.8 Å². The molecule has 64 valence electrons. The highest BCUT2D eigenvalue weighted by Crippen LogP contribution is 2.32. The maximum absolute atomic E-state index is 5.44. The van der Waals surface area contributed by atoms with Gasteiger partial charge in [-0.3, -0.25) is 0 Å². The third kappa shape index (κ3) is 1.29. The van der Waals surface area contributed by atoms with Gasteiger partial charge in [0.25, 0.3) is 0 Å². The second-order valence-electron chi connectivity index (χ2n) is 3.23. The Kier molecular flexibility index (Phi) is 2.20. The van der Waals surface area contributed by atoms with Gasteiger partial charge in [-0.05, 0) is 17.2 Å². The highest BCUT2D eigenvalue weighted by Gasteiger charge is 2.18. The maximum atomic E-state index is 5.44. The second kappa shape index (κ2) is 3.19. The molecule has 1 aromatic carbocycles. The van der Waals surface area contributed by atoms with Gasteiger partial charge < -0.3 is 4.74 Å². The summed E-state index contributed by atoms with van der Waals surface area (Å²) in [4.78, 5) is 0. The molecule has 1 atom stereocenters. The van der Waals surface area contributed by atoms with E-state index in [-0.39, 0.29) is 0 Å². The van der Waals surface area contributed by atoms with Gasteiger partial charge >= 0.3 is 0 Å². The molecule has 0 spiro atoms. The number of ether oxygens (including phenoxy) is 1. The van der Waals surface area contributed by atoms with E-state index >= 15 is 0 Å². The molecule has 1 heterocycles. The van der Waals surface area contributed by atoms with Crippen LogP contribution in [0.1, 0.15) is 24.0 Å². The Labute approximate surface area is 80.9 Å². The minimum absolute atomic E-state index is 0.518. The van der Waals surface area contributed by atoms with Crippen LogP contribution >= 0.6 is 15.9 Å². The summed E-state index contributed by atoms with van der Waals surface area (Å²) in [6.45, 7) is 3.80. The second-order valence-corrected chi connectivity index (χ2v) is 4.08. The van der Waals surface area contributed by atoms with E-state index < -0.39 is 0 Å². The van der Waals surface area contributed by atoms with Crippen LogP contribution in [0.25, 0.3) is 0 Å². The Morgan fingerprint density at radius 3 is 3.08 bits per heavy atom. The molecule has 0 N–H and O–H groups in total. The van der Waals surface area contributed by atoms with Crippen LogP contribution in [-0.4, -0.2) is 6.61 Å². The molecule has 1 aromatic rings. The normalized spacial score (nSPS) is 22.0. The molecule has 0 aliphatic carbocycles. The molecule has 1 aliphatic heterocycles. The first kappa shape index (κ1) is 8.27. The smallest absolute Gasteiger partial charge is 0.0720 e. The lowest BCUT2D eigenvalue weighted by atomic mass is 9.95. The fourth-order valence-electron chi connectivity index (χ4n) is 1.69. The van der Waals surface area contributed by atoms with Crippen LogP contribution in [0.2, 0.25) is 0 Å². The number of hydrogen-bond acceptors (Lipinski definition) is 1. The van der Waals surface area contributed by atoms with E-state index in [1.807, 2.05) is 0 Å². The number of hydrogen-bond donors (Lipinski definition) is 0. The SMILES string of the molecule is CC1COCc2cccc(Br)c21. The third-order valence-electron chi connectivity index (χ3n) is 2.26. The van der Waals surface area contributed by atoms with Crippen LogP contribution in [0, 0.1) is 0 Å². The summed E-state index contributed by atoms with van der Waals surface area (Å²) in [5.41, 5.74) is 2.74. The Hall–Kier alpha value is -0.340. The Balaban J connectivity index is 2.53. The van der Waals surface area contributed by atoms with Gasteiger partial charge in [-0.15, -0.1) is 0 Å². The van der Waals surface area contributed by atoms with Crippen molar-refractivity contribution in [1.82, 2.24) is 0 Å². The van der Waals surface area contributed by atoms with Crippen molar-refractivity contribution in [1.29, 1.82) is 0 Å². The average Bonchev–Trinajstić information content (AvgIpc) is 2.04. The van der Waals surface area contributed by atoms with E-state index in [0.717, 1.165) is 13.2 Å². The quantitative estimate of drug-likeness (QED) is 0.661. The zero-order valence-corrected chi connectivity index (χ0v) is 8.60. The summed E-state index contributed by atoms with van der Waals surface area (Å²) in [6.07, 6.45) is 0. The summed E-state index contributed by atoms with van der Waals surface area (Å²) in [7, 11) is 0. The number of halogens is 1. The number of rotatable bonds is 0. The molecule has 2 heteroatoms. The molecule has 0 radical (unpaired) electrons. The summed E-state index contributed by atoms with van der Waals surface area (Å²) < 4.78 is 6.66. The molecular formula is C10H11BrO. The lowest BCUT2D eigenvalue weighted by molar-refractivity contribution is 0.0948. The van der Waals surface area contributed by atoms with E-state index in [2.05, 4.69) is 41.1 Å². The monoisotopic (exact) mass is 226 g/mol. The summed E-state index contributed by atoms with van der Waals surface area (Å²) in [6, 6.07) is 6.29. The zero-order chi connectivity index (χ0) is 8.55. The zero-order valence-electron chi connectivity index (χ0n) is 7.01. The molecule has 1 unspecified atom stereocenters. The van der Waals surface area contributed by atoms with E-state index in [0.29, 0.717) is 5.92 Å². The van der Waals surface area contributed by atoms with E-state index in [1.54, 1.807) is 0 Å². The molecule has 1 aliphatic rings. The molecule has 1 nitrogen and oxygen atoms in total. The van der Waals surface area contributed by atoms with Crippen LogP contribution in [0.5, 0.6) is 0 Å². The van der Waals surface area contributed by atoms with Crippen molar-refractivity contribution in [2.75, 3.05) is 6.61 Å². The summed E-state index contributed by atoms with van der Waals surface area (Å²) >= 11 is 3.57. The molecule has 0 saturated carbocycles. The predicted molar refractivity (Wildman–Crippen MR) is 52.2 cm³/mol. The summed E-state index contributed by atoms with van der Waals surface area (Å²) in [5.74, 6) is 0.518. The molecule has 0 fully saturated rings. The minimum Gasteiger partial charge on any atom is -0.376 e. The maximum Gasteiger partial charge on any atom is 0.0720 e. The van der Waals surface area contributed by atoms with Crippen molar-refractivity contribution in [3.8, 4) is 0 Å². The Morgan fingerprint density at radius 1 is 1.50 bits per heavy atom. The van der Waals surface area contributed by atoms with E-state index in [9.17, 15) is 0 Å². The van der Waals surface area contributed by atoms with Crippen LogP contribution in [0.4, 0.5) is 0 Å². The average molecular weight is 227 g/mol. The molecule has 0 amide bonds.